The number of hydrogen-bond donors (Lipinski definition) is 2. The molecule has 1 rings (SSSR count). The van der Waals surface area contributed by atoms with E-state index in [-0.39, 0.29) is 12.8 Å². The van der Waals surface area contributed by atoms with E-state index >= 15 is 0 Å². The Morgan fingerprint density at radius 1 is 1.17 bits per heavy atom. The number of esters is 1. The van der Waals surface area contributed by atoms with Gasteiger partial charge < -0.3 is 14.9 Å². The zero-order valence-electron chi connectivity index (χ0n) is 13.8. The SMILES string of the molecule is C=C(CC(CC(=O)OC(C)(C)C)C(=O)O)C(O)c1ccccc1. The zero-order chi connectivity index (χ0) is 17.6. The first-order chi connectivity index (χ1) is 10.6. The van der Waals surface area contributed by atoms with Gasteiger partial charge in [0.05, 0.1) is 18.4 Å². The minimum absolute atomic E-state index is 0.00460. The first-order valence-electron chi connectivity index (χ1n) is 7.45. The van der Waals surface area contributed by atoms with Crippen LogP contribution in [0.1, 0.15) is 45.3 Å². The van der Waals surface area contributed by atoms with Gasteiger partial charge in [0.1, 0.15) is 5.60 Å². The van der Waals surface area contributed by atoms with E-state index in [4.69, 9.17) is 4.74 Å². The summed E-state index contributed by atoms with van der Waals surface area (Å²) in [7, 11) is 0. The van der Waals surface area contributed by atoms with Crippen molar-refractivity contribution in [1.29, 1.82) is 0 Å². The summed E-state index contributed by atoms with van der Waals surface area (Å²) in [5.74, 6) is -2.67. The first-order valence-corrected chi connectivity index (χ1v) is 7.45. The molecule has 2 unspecified atom stereocenters. The Balaban J connectivity index is 2.71. The molecule has 2 N–H and O–H groups in total. The van der Waals surface area contributed by atoms with Crippen molar-refractivity contribution in [2.24, 2.45) is 5.92 Å². The summed E-state index contributed by atoms with van der Waals surface area (Å²) in [5, 5.41) is 19.5. The number of carbonyl (C=O) groups is 2. The van der Waals surface area contributed by atoms with Crippen LogP contribution in [0, 0.1) is 5.92 Å². The van der Waals surface area contributed by atoms with E-state index in [0.29, 0.717) is 11.1 Å². The fraction of sp³-hybridized carbons (Fsp3) is 0.444. The molecule has 1 aromatic carbocycles. The summed E-state index contributed by atoms with van der Waals surface area (Å²) in [6, 6.07) is 8.85. The number of rotatable bonds is 7. The molecule has 5 nitrogen and oxygen atoms in total. The molecule has 0 saturated heterocycles. The van der Waals surface area contributed by atoms with Crippen LogP contribution in [0.5, 0.6) is 0 Å². The smallest absolute Gasteiger partial charge is 0.307 e. The fourth-order valence-corrected chi connectivity index (χ4v) is 2.13. The van der Waals surface area contributed by atoms with Crippen molar-refractivity contribution in [1.82, 2.24) is 0 Å². The largest absolute Gasteiger partial charge is 0.481 e. The second kappa shape index (κ2) is 7.92. The highest BCUT2D eigenvalue weighted by Crippen LogP contribution is 2.27. The molecular formula is C18H24O5. The van der Waals surface area contributed by atoms with E-state index in [1.807, 2.05) is 6.07 Å². The minimum atomic E-state index is -1.11. The topological polar surface area (TPSA) is 83.8 Å². The van der Waals surface area contributed by atoms with Gasteiger partial charge >= 0.3 is 11.9 Å². The lowest BCUT2D eigenvalue weighted by Gasteiger charge is -2.22. The van der Waals surface area contributed by atoms with Crippen molar-refractivity contribution in [3.63, 3.8) is 0 Å². The van der Waals surface area contributed by atoms with Crippen LogP contribution in [-0.4, -0.2) is 27.8 Å². The van der Waals surface area contributed by atoms with Crippen molar-refractivity contribution in [3.05, 3.63) is 48.0 Å². The maximum absolute atomic E-state index is 11.8. The molecule has 0 fully saturated rings. The monoisotopic (exact) mass is 320 g/mol. The molecule has 0 aliphatic carbocycles. The lowest BCUT2D eigenvalue weighted by atomic mass is 9.91. The highest BCUT2D eigenvalue weighted by Gasteiger charge is 2.27. The van der Waals surface area contributed by atoms with Gasteiger partial charge in [0.25, 0.3) is 0 Å². The van der Waals surface area contributed by atoms with Crippen LogP contribution in [0.4, 0.5) is 0 Å². The number of benzene rings is 1. The summed E-state index contributed by atoms with van der Waals surface area (Å²) in [4.78, 5) is 23.2. The number of carboxylic acid groups (broad SMARTS) is 1. The third-order valence-corrected chi connectivity index (χ3v) is 3.19. The van der Waals surface area contributed by atoms with E-state index in [2.05, 4.69) is 6.58 Å². The molecular weight excluding hydrogens is 296 g/mol. The molecule has 2 atom stereocenters. The van der Waals surface area contributed by atoms with E-state index in [1.165, 1.54) is 0 Å². The molecule has 0 aliphatic heterocycles. The van der Waals surface area contributed by atoms with Gasteiger partial charge in [-0.05, 0) is 38.3 Å². The minimum Gasteiger partial charge on any atom is -0.481 e. The maximum atomic E-state index is 11.8. The van der Waals surface area contributed by atoms with E-state index in [1.54, 1.807) is 45.0 Å². The molecule has 0 aliphatic rings. The van der Waals surface area contributed by atoms with Crippen molar-refractivity contribution >= 4 is 11.9 Å². The number of hydrogen-bond acceptors (Lipinski definition) is 4. The number of aliphatic carboxylic acids is 1. The lowest BCUT2D eigenvalue weighted by Crippen LogP contribution is -2.27. The van der Waals surface area contributed by atoms with Crippen LogP contribution in [-0.2, 0) is 14.3 Å². The molecule has 0 saturated carbocycles. The molecule has 0 spiro atoms. The van der Waals surface area contributed by atoms with E-state index in [0.717, 1.165) is 0 Å². The van der Waals surface area contributed by atoms with Crippen molar-refractivity contribution in [2.75, 3.05) is 0 Å². The van der Waals surface area contributed by atoms with Crippen LogP contribution in [0.15, 0.2) is 42.5 Å². The maximum Gasteiger partial charge on any atom is 0.307 e. The summed E-state index contributed by atoms with van der Waals surface area (Å²) in [5.41, 5.74) is 0.326. The second-order valence-electron chi connectivity index (χ2n) is 6.50. The third kappa shape index (κ3) is 6.65. The number of aliphatic hydroxyl groups excluding tert-OH is 1. The van der Waals surface area contributed by atoms with Crippen LogP contribution < -0.4 is 0 Å². The summed E-state index contributed by atoms with van der Waals surface area (Å²) < 4.78 is 5.15. The van der Waals surface area contributed by atoms with Gasteiger partial charge in [0.2, 0.25) is 0 Å². The Bertz CT molecular complexity index is 557. The average molecular weight is 320 g/mol. The number of aliphatic hydroxyl groups is 1. The quantitative estimate of drug-likeness (QED) is 0.596. The van der Waals surface area contributed by atoms with Gasteiger partial charge in [-0.2, -0.15) is 0 Å². The van der Waals surface area contributed by atoms with E-state index in [9.17, 15) is 19.8 Å². The molecule has 0 heterocycles. The van der Waals surface area contributed by atoms with Crippen LogP contribution >= 0.6 is 0 Å². The first kappa shape index (κ1) is 18.9. The zero-order valence-corrected chi connectivity index (χ0v) is 13.8. The highest BCUT2D eigenvalue weighted by atomic mass is 16.6. The summed E-state index contributed by atoms with van der Waals surface area (Å²) in [6.07, 6.45) is -1.21. The average Bonchev–Trinajstić information content (AvgIpc) is 2.44. The standard InChI is InChI=1S/C18H24O5/c1-12(16(20)13-8-6-5-7-9-13)10-14(17(21)22)11-15(19)23-18(2,3)4/h5-9,14,16,20H,1,10-11H2,2-4H3,(H,21,22). The van der Waals surface area contributed by atoms with Gasteiger partial charge in [0.15, 0.2) is 0 Å². The molecule has 0 radical (unpaired) electrons. The highest BCUT2D eigenvalue weighted by molar-refractivity contribution is 5.79. The molecule has 0 bridgehead atoms. The fourth-order valence-electron chi connectivity index (χ4n) is 2.13. The Labute approximate surface area is 136 Å². The van der Waals surface area contributed by atoms with Gasteiger partial charge in [-0.15, -0.1) is 0 Å². The second-order valence-corrected chi connectivity index (χ2v) is 6.50. The molecule has 126 valence electrons. The predicted molar refractivity (Wildman–Crippen MR) is 86.7 cm³/mol. The Hall–Kier alpha value is -2.14. The molecule has 5 heteroatoms. The Morgan fingerprint density at radius 3 is 2.22 bits per heavy atom. The van der Waals surface area contributed by atoms with Crippen LogP contribution in [0.2, 0.25) is 0 Å². The van der Waals surface area contributed by atoms with Gasteiger partial charge in [-0.1, -0.05) is 36.9 Å². The van der Waals surface area contributed by atoms with Gasteiger partial charge in [-0.25, -0.2) is 0 Å². The number of carbonyl (C=O) groups excluding carboxylic acids is 1. The molecule has 0 amide bonds. The summed E-state index contributed by atoms with van der Waals surface area (Å²) in [6.45, 7) is 8.93. The molecule has 1 aromatic rings. The predicted octanol–water partition coefficient (Wildman–Crippen LogP) is 3.10. The molecule has 0 aromatic heterocycles. The van der Waals surface area contributed by atoms with Crippen molar-refractivity contribution in [2.45, 2.75) is 45.3 Å². The van der Waals surface area contributed by atoms with Crippen molar-refractivity contribution < 1.29 is 24.5 Å². The van der Waals surface area contributed by atoms with Crippen molar-refractivity contribution in [3.8, 4) is 0 Å². The molecule has 23 heavy (non-hydrogen) atoms. The normalized spacial score (nSPS) is 13.9. The number of ether oxygens (including phenoxy) is 1. The van der Waals surface area contributed by atoms with Gasteiger partial charge in [0, 0.05) is 0 Å². The Kier molecular flexibility index (Phi) is 6.51. The van der Waals surface area contributed by atoms with Crippen LogP contribution in [0.25, 0.3) is 0 Å². The van der Waals surface area contributed by atoms with E-state index < -0.39 is 29.6 Å². The lowest BCUT2D eigenvalue weighted by molar-refractivity contribution is -0.159. The number of carboxylic acids is 1. The Morgan fingerprint density at radius 2 is 1.74 bits per heavy atom. The summed E-state index contributed by atoms with van der Waals surface area (Å²) >= 11 is 0. The van der Waals surface area contributed by atoms with Gasteiger partial charge in [-0.3, -0.25) is 9.59 Å². The van der Waals surface area contributed by atoms with Crippen LogP contribution in [0.3, 0.4) is 0 Å². The third-order valence-electron chi connectivity index (χ3n) is 3.19.